The van der Waals surface area contributed by atoms with Gasteiger partial charge in [0.1, 0.15) is 0 Å². The van der Waals surface area contributed by atoms with Gasteiger partial charge in [-0.2, -0.15) is 0 Å². The maximum Gasteiger partial charge on any atom is 0.0892 e. The molecule has 0 amide bonds. The maximum atomic E-state index is 4.22. The molecular weight excluding hydrogens is 160 g/mol. The molecule has 0 radical (unpaired) electrons. The second kappa shape index (κ2) is 3.65. The number of hydrogen-bond donors (Lipinski definition) is 0. The summed E-state index contributed by atoms with van der Waals surface area (Å²) in [6, 6.07) is 5.77. The van der Waals surface area contributed by atoms with E-state index in [-0.39, 0.29) is 0 Å². The minimum Gasteiger partial charge on any atom is -0.255 e. The minimum atomic E-state index is 0.863. The molecule has 0 fully saturated rings. The highest BCUT2D eigenvalue weighted by Crippen LogP contribution is 2.12. The molecule has 2 heteroatoms. The molecule has 1 aliphatic rings. The van der Waals surface area contributed by atoms with Crippen molar-refractivity contribution in [3.05, 3.63) is 54.0 Å². The molecule has 62 valence electrons. The van der Waals surface area contributed by atoms with Gasteiger partial charge in [-0.25, -0.2) is 0 Å². The first kappa shape index (κ1) is 7.71. The first-order valence-electron chi connectivity index (χ1n) is 4.03. The van der Waals surface area contributed by atoms with E-state index in [9.17, 15) is 0 Å². The zero-order chi connectivity index (χ0) is 8.93. The number of aromatic nitrogens is 1. The van der Waals surface area contributed by atoms with Crippen molar-refractivity contribution in [3.63, 3.8) is 0 Å². The number of pyridine rings is 1. The summed E-state index contributed by atoms with van der Waals surface area (Å²) in [5.41, 5.74) is 4.69. The SMILES string of the molecule is C1=CC=NC(c2ccccn2)=CC=1. The molecule has 13 heavy (non-hydrogen) atoms. The Balaban J connectivity index is 2.39. The fraction of sp³-hybridized carbons (Fsp3) is 0. The highest BCUT2D eigenvalue weighted by atomic mass is 14.8. The average Bonchev–Trinajstić information content (AvgIpc) is 2.47. The van der Waals surface area contributed by atoms with E-state index in [2.05, 4.69) is 15.7 Å². The molecule has 2 heterocycles. The van der Waals surface area contributed by atoms with Crippen molar-refractivity contribution in [1.82, 2.24) is 4.98 Å². The van der Waals surface area contributed by atoms with Crippen LogP contribution >= 0.6 is 0 Å². The molecule has 0 atom stereocenters. The first-order chi connectivity index (χ1) is 6.47. The molecule has 0 N–H and O–H groups in total. The topological polar surface area (TPSA) is 25.2 Å². The lowest BCUT2D eigenvalue weighted by molar-refractivity contribution is 1.26. The largest absolute Gasteiger partial charge is 0.255 e. The third-order valence-corrected chi connectivity index (χ3v) is 1.65. The van der Waals surface area contributed by atoms with Crippen molar-refractivity contribution in [3.8, 4) is 0 Å². The van der Waals surface area contributed by atoms with Crippen LogP contribution < -0.4 is 0 Å². The van der Waals surface area contributed by atoms with E-state index in [1.54, 1.807) is 18.5 Å². The van der Waals surface area contributed by atoms with Crippen molar-refractivity contribution in [2.75, 3.05) is 0 Å². The Morgan fingerprint density at radius 3 is 3.00 bits per heavy atom. The van der Waals surface area contributed by atoms with E-state index in [4.69, 9.17) is 0 Å². The van der Waals surface area contributed by atoms with Gasteiger partial charge < -0.3 is 0 Å². The maximum absolute atomic E-state index is 4.22. The van der Waals surface area contributed by atoms with E-state index in [0.29, 0.717) is 0 Å². The quantitative estimate of drug-likeness (QED) is 0.590. The lowest BCUT2D eigenvalue weighted by atomic mass is 10.2. The Morgan fingerprint density at radius 2 is 2.15 bits per heavy atom. The normalized spacial score (nSPS) is 14.0. The molecule has 1 aromatic rings. The van der Waals surface area contributed by atoms with Gasteiger partial charge in [-0.15, -0.1) is 5.73 Å². The van der Waals surface area contributed by atoms with Crippen LogP contribution in [0.4, 0.5) is 0 Å². The van der Waals surface area contributed by atoms with Crippen molar-refractivity contribution in [1.29, 1.82) is 0 Å². The van der Waals surface area contributed by atoms with Gasteiger partial charge in [-0.1, -0.05) is 6.07 Å². The summed E-state index contributed by atoms with van der Waals surface area (Å²) in [5.74, 6) is 0. The summed E-state index contributed by atoms with van der Waals surface area (Å²) in [4.78, 5) is 8.42. The molecule has 2 nitrogen and oxygen atoms in total. The van der Waals surface area contributed by atoms with Gasteiger partial charge in [0.05, 0.1) is 11.4 Å². The zero-order valence-electron chi connectivity index (χ0n) is 7.01. The monoisotopic (exact) mass is 168 g/mol. The molecule has 0 aromatic carbocycles. The predicted molar refractivity (Wildman–Crippen MR) is 53.4 cm³/mol. The Hall–Kier alpha value is -1.92. The third-order valence-electron chi connectivity index (χ3n) is 1.65. The molecule has 1 aromatic heterocycles. The summed E-state index contributed by atoms with van der Waals surface area (Å²) < 4.78 is 0. The summed E-state index contributed by atoms with van der Waals surface area (Å²) in [7, 11) is 0. The van der Waals surface area contributed by atoms with Crippen LogP contribution in [-0.4, -0.2) is 11.2 Å². The van der Waals surface area contributed by atoms with Gasteiger partial charge in [0.25, 0.3) is 0 Å². The molecule has 0 saturated heterocycles. The molecule has 0 bridgehead atoms. The van der Waals surface area contributed by atoms with Crippen LogP contribution in [-0.2, 0) is 0 Å². The summed E-state index contributed by atoms with van der Waals surface area (Å²) in [6.07, 6.45) is 8.96. The highest BCUT2D eigenvalue weighted by molar-refractivity contribution is 5.80. The van der Waals surface area contributed by atoms with Gasteiger partial charge >= 0.3 is 0 Å². The second-order valence-electron chi connectivity index (χ2n) is 2.55. The highest BCUT2D eigenvalue weighted by Gasteiger charge is 1.97. The number of rotatable bonds is 1. The van der Waals surface area contributed by atoms with Gasteiger partial charge in [-0.3, -0.25) is 9.98 Å². The summed E-state index contributed by atoms with van der Waals surface area (Å²) >= 11 is 0. The van der Waals surface area contributed by atoms with E-state index in [1.807, 2.05) is 30.4 Å². The second-order valence-corrected chi connectivity index (χ2v) is 2.55. The Bertz CT molecular complexity index is 407. The predicted octanol–water partition coefficient (Wildman–Crippen LogP) is 2.22. The first-order valence-corrected chi connectivity index (χ1v) is 4.03. The molecule has 0 unspecified atom stereocenters. The molecule has 0 saturated carbocycles. The molecular formula is C11H8N2. The van der Waals surface area contributed by atoms with Crippen molar-refractivity contribution in [2.45, 2.75) is 0 Å². The summed E-state index contributed by atoms with van der Waals surface area (Å²) in [5, 5.41) is 0. The summed E-state index contributed by atoms with van der Waals surface area (Å²) in [6.45, 7) is 0. The standard InChI is InChI=1S/C11H8N2/c1-2-6-10(12-8-4-1)11-7-3-5-9-13-11/h2-9H. The number of aliphatic imine (C=N–C) groups is 1. The van der Waals surface area contributed by atoms with Crippen LogP contribution in [0.5, 0.6) is 0 Å². The molecule has 1 aliphatic heterocycles. The molecule has 2 rings (SSSR count). The zero-order valence-corrected chi connectivity index (χ0v) is 7.01. The Labute approximate surface area is 76.7 Å². The number of hydrogen-bond acceptors (Lipinski definition) is 2. The Kier molecular flexibility index (Phi) is 2.17. The van der Waals surface area contributed by atoms with Crippen LogP contribution in [0.25, 0.3) is 5.70 Å². The van der Waals surface area contributed by atoms with Crippen molar-refractivity contribution < 1.29 is 0 Å². The van der Waals surface area contributed by atoms with Crippen LogP contribution in [0.2, 0.25) is 0 Å². The van der Waals surface area contributed by atoms with Gasteiger partial charge in [0.2, 0.25) is 0 Å². The van der Waals surface area contributed by atoms with E-state index in [0.717, 1.165) is 11.4 Å². The van der Waals surface area contributed by atoms with E-state index >= 15 is 0 Å². The van der Waals surface area contributed by atoms with E-state index in [1.165, 1.54) is 0 Å². The van der Waals surface area contributed by atoms with Crippen LogP contribution in [0.1, 0.15) is 5.69 Å². The van der Waals surface area contributed by atoms with Crippen LogP contribution in [0.15, 0.2) is 53.3 Å². The smallest absolute Gasteiger partial charge is 0.0892 e. The van der Waals surface area contributed by atoms with Gasteiger partial charge in [0, 0.05) is 12.4 Å². The molecule has 0 spiro atoms. The van der Waals surface area contributed by atoms with Crippen LogP contribution in [0.3, 0.4) is 0 Å². The van der Waals surface area contributed by atoms with Crippen molar-refractivity contribution >= 4 is 11.9 Å². The Morgan fingerprint density at radius 1 is 1.15 bits per heavy atom. The number of allylic oxidation sites excluding steroid dienone is 2. The molecule has 0 aliphatic carbocycles. The number of nitrogens with zero attached hydrogens (tertiary/aromatic N) is 2. The average molecular weight is 168 g/mol. The minimum absolute atomic E-state index is 0.863. The van der Waals surface area contributed by atoms with E-state index < -0.39 is 0 Å². The lowest BCUT2D eigenvalue weighted by Gasteiger charge is -1.97. The van der Waals surface area contributed by atoms with Crippen molar-refractivity contribution in [2.24, 2.45) is 4.99 Å². The fourth-order valence-corrected chi connectivity index (χ4v) is 1.05. The third kappa shape index (κ3) is 1.81. The van der Waals surface area contributed by atoms with Gasteiger partial charge in [0.15, 0.2) is 0 Å². The lowest BCUT2D eigenvalue weighted by Crippen LogP contribution is -1.84. The van der Waals surface area contributed by atoms with Gasteiger partial charge in [-0.05, 0) is 30.4 Å². The fourth-order valence-electron chi connectivity index (χ4n) is 1.05. The van der Waals surface area contributed by atoms with Crippen LogP contribution in [0, 0.1) is 0 Å².